The number of rotatable bonds is 4. The maximum atomic E-state index is 12.7. The van der Waals surface area contributed by atoms with E-state index in [1.54, 1.807) is 7.11 Å². The van der Waals surface area contributed by atoms with Crippen molar-refractivity contribution in [2.24, 2.45) is 0 Å². The number of benzene rings is 2. The van der Waals surface area contributed by atoms with E-state index in [4.69, 9.17) is 9.72 Å². The van der Waals surface area contributed by atoms with Crippen LogP contribution in [-0.4, -0.2) is 35.2 Å². The van der Waals surface area contributed by atoms with Gasteiger partial charge in [-0.15, -0.1) is 0 Å². The van der Waals surface area contributed by atoms with Crippen LogP contribution in [0, 0.1) is 6.92 Å². The predicted molar refractivity (Wildman–Crippen MR) is 109 cm³/mol. The van der Waals surface area contributed by atoms with E-state index >= 15 is 0 Å². The van der Waals surface area contributed by atoms with Crippen LogP contribution < -0.4 is 4.74 Å². The fourth-order valence-electron chi connectivity index (χ4n) is 3.54. The Morgan fingerprint density at radius 2 is 2.00 bits per heavy atom. The number of amides is 1. The first kappa shape index (κ1) is 17.9. The Hall–Kier alpha value is -2.53. The number of fused-ring (bicyclic) bond motifs is 2. The number of nitrogens with zero attached hydrogens (tertiary/aromatic N) is 2. The molecule has 1 amide bonds. The minimum atomic E-state index is 0.161. The van der Waals surface area contributed by atoms with E-state index < -0.39 is 0 Å². The van der Waals surface area contributed by atoms with Crippen molar-refractivity contribution in [3.8, 4) is 5.75 Å². The first-order chi connectivity index (χ1) is 13.2. The lowest BCUT2D eigenvalue weighted by Crippen LogP contribution is -2.37. The first-order valence-electron chi connectivity index (χ1n) is 9.07. The van der Waals surface area contributed by atoms with E-state index in [9.17, 15) is 4.79 Å². The molecule has 27 heavy (non-hydrogen) atoms. The molecule has 5 heteroatoms. The van der Waals surface area contributed by atoms with E-state index in [1.165, 1.54) is 22.9 Å². The highest BCUT2D eigenvalue weighted by atomic mass is 32.2. The summed E-state index contributed by atoms with van der Waals surface area (Å²) in [4.78, 5) is 19.4. The molecule has 0 bridgehead atoms. The van der Waals surface area contributed by atoms with Gasteiger partial charge in [-0.25, -0.2) is 4.98 Å². The highest BCUT2D eigenvalue weighted by Crippen LogP contribution is 2.30. The largest absolute Gasteiger partial charge is 0.494 e. The highest BCUT2D eigenvalue weighted by molar-refractivity contribution is 7.99. The van der Waals surface area contributed by atoms with Crippen molar-refractivity contribution in [2.45, 2.75) is 24.9 Å². The molecule has 2 aromatic carbocycles. The number of pyridine rings is 1. The van der Waals surface area contributed by atoms with Crippen LogP contribution in [0.4, 0.5) is 0 Å². The molecule has 0 saturated heterocycles. The molecule has 0 spiro atoms. The fraction of sp³-hybridized carbons (Fsp3) is 0.273. The van der Waals surface area contributed by atoms with Gasteiger partial charge in [0.2, 0.25) is 5.91 Å². The Kier molecular flexibility index (Phi) is 5.03. The fourth-order valence-corrected chi connectivity index (χ4v) is 4.41. The zero-order valence-electron chi connectivity index (χ0n) is 15.6. The number of carbonyl (C=O) groups is 1. The van der Waals surface area contributed by atoms with Crippen molar-refractivity contribution in [3.05, 3.63) is 65.2 Å². The van der Waals surface area contributed by atoms with Gasteiger partial charge in [-0.3, -0.25) is 4.79 Å². The number of hydrogen-bond acceptors (Lipinski definition) is 4. The lowest BCUT2D eigenvalue weighted by atomic mass is 10.00. The second-order valence-electron chi connectivity index (χ2n) is 6.76. The van der Waals surface area contributed by atoms with Crippen molar-refractivity contribution < 1.29 is 9.53 Å². The molecule has 0 aliphatic carbocycles. The van der Waals surface area contributed by atoms with Crippen molar-refractivity contribution in [2.75, 3.05) is 19.4 Å². The molecular weight excluding hydrogens is 356 g/mol. The summed E-state index contributed by atoms with van der Waals surface area (Å²) in [6.45, 7) is 3.55. The number of thioether (sulfide) groups is 1. The first-order valence-corrected chi connectivity index (χ1v) is 10.1. The Bertz CT molecular complexity index is 1000. The Morgan fingerprint density at radius 3 is 2.81 bits per heavy atom. The van der Waals surface area contributed by atoms with Crippen LogP contribution in [0.2, 0.25) is 0 Å². The second-order valence-corrected chi connectivity index (χ2v) is 7.75. The van der Waals surface area contributed by atoms with Gasteiger partial charge in [-0.2, -0.15) is 0 Å². The summed E-state index contributed by atoms with van der Waals surface area (Å²) in [6, 6.07) is 16.4. The monoisotopic (exact) mass is 378 g/mol. The normalized spacial score (nSPS) is 13.5. The van der Waals surface area contributed by atoms with Crippen LogP contribution in [0.15, 0.2) is 53.6 Å². The van der Waals surface area contributed by atoms with Crippen molar-refractivity contribution in [1.29, 1.82) is 0 Å². The zero-order valence-corrected chi connectivity index (χ0v) is 16.4. The van der Waals surface area contributed by atoms with Gasteiger partial charge in [0.05, 0.1) is 17.9 Å². The molecule has 0 atom stereocenters. The van der Waals surface area contributed by atoms with Gasteiger partial charge in [0, 0.05) is 18.5 Å². The number of carbonyl (C=O) groups excluding carboxylic acids is 1. The van der Waals surface area contributed by atoms with Gasteiger partial charge >= 0.3 is 0 Å². The minimum absolute atomic E-state index is 0.161. The standard InChI is InChI=1S/C22H22N2O2S/c1-15-12-20(23-22-18(15)8-5-9-19(22)26-2)27-14-21(25)24-11-10-16-6-3-4-7-17(16)13-24/h3-9,12H,10-11,13-14H2,1-2H3. The van der Waals surface area contributed by atoms with Crippen molar-refractivity contribution in [3.63, 3.8) is 0 Å². The van der Waals surface area contributed by atoms with Crippen LogP contribution in [0.5, 0.6) is 5.75 Å². The van der Waals surface area contributed by atoms with Crippen LogP contribution in [-0.2, 0) is 17.8 Å². The molecule has 1 aliphatic heterocycles. The third kappa shape index (κ3) is 3.65. The summed E-state index contributed by atoms with van der Waals surface area (Å²) in [5, 5.41) is 1.94. The van der Waals surface area contributed by atoms with Gasteiger partial charge in [0.25, 0.3) is 0 Å². The summed E-state index contributed by atoms with van der Waals surface area (Å²) >= 11 is 1.49. The van der Waals surface area contributed by atoms with Gasteiger partial charge in [0.1, 0.15) is 11.3 Å². The summed E-state index contributed by atoms with van der Waals surface area (Å²) in [5.41, 5.74) is 4.60. The van der Waals surface area contributed by atoms with Crippen LogP contribution in [0.1, 0.15) is 16.7 Å². The third-order valence-corrected chi connectivity index (χ3v) is 5.93. The molecule has 1 aromatic heterocycles. The molecule has 4 nitrogen and oxygen atoms in total. The van der Waals surface area contributed by atoms with E-state index in [-0.39, 0.29) is 5.91 Å². The number of aryl methyl sites for hydroxylation is 1. The van der Waals surface area contributed by atoms with E-state index in [1.807, 2.05) is 35.2 Å². The maximum absolute atomic E-state index is 12.7. The molecule has 0 fully saturated rings. The molecule has 1 aliphatic rings. The van der Waals surface area contributed by atoms with Gasteiger partial charge in [-0.05, 0) is 42.2 Å². The third-order valence-electron chi connectivity index (χ3n) is 5.03. The average Bonchev–Trinajstić information content (AvgIpc) is 2.71. The SMILES string of the molecule is COc1cccc2c(C)cc(SCC(=O)N3CCc4ccccc4C3)nc12. The number of methoxy groups -OCH3 is 1. The second kappa shape index (κ2) is 7.61. The lowest BCUT2D eigenvalue weighted by molar-refractivity contribution is -0.129. The van der Waals surface area contributed by atoms with Crippen molar-refractivity contribution >= 4 is 28.6 Å². The molecule has 0 N–H and O–H groups in total. The molecule has 138 valence electrons. The smallest absolute Gasteiger partial charge is 0.233 e. The summed E-state index contributed by atoms with van der Waals surface area (Å²) < 4.78 is 5.44. The molecule has 2 heterocycles. The number of hydrogen-bond donors (Lipinski definition) is 0. The number of para-hydroxylation sites is 1. The topological polar surface area (TPSA) is 42.4 Å². The van der Waals surface area contributed by atoms with Crippen LogP contribution in [0.3, 0.4) is 0 Å². The Labute approximate surface area is 163 Å². The Balaban J connectivity index is 1.48. The highest BCUT2D eigenvalue weighted by Gasteiger charge is 2.20. The number of ether oxygens (including phenoxy) is 1. The van der Waals surface area contributed by atoms with Crippen LogP contribution >= 0.6 is 11.8 Å². The van der Waals surface area contributed by atoms with E-state index in [0.29, 0.717) is 12.3 Å². The van der Waals surface area contributed by atoms with Gasteiger partial charge < -0.3 is 9.64 Å². The van der Waals surface area contributed by atoms with Crippen molar-refractivity contribution in [1.82, 2.24) is 9.88 Å². The zero-order chi connectivity index (χ0) is 18.8. The summed E-state index contributed by atoms with van der Waals surface area (Å²) in [7, 11) is 1.66. The molecule has 3 aromatic rings. The van der Waals surface area contributed by atoms with Gasteiger partial charge in [0.15, 0.2) is 0 Å². The maximum Gasteiger partial charge on any atom is 0.233 e. The average molecular weight is 378 g/mol. The molecular formula is C22H22N2O2S. The summed E-state index contributed by atoms with van der Waals surface area (Å²) in [6.07, 6.45) is 0.928. The van der Waals surface area contributed by atoms with E-state index in [0.717, 1.165) is 40.2 Å². The lowest BCUT2D eigenvalue weighted by Gasteiger charge is -2.28. The predicted octanol–water partition coefficient (Wildman–Crippen LogP) is 4.23. The molecule has 0 radical (unpaired) electrons. The minimum Gasteiger partial charge on any atom is -0.494 e. The number of aromatic nitrogens is 1. The van der Waals surface area contributed by atoms with Gasteiger partial charge in [-0.1, -0.05) is 48.2 Å². The molecule has 0 saturated carbocycles. The Morgan fingerprint density at radius 1 is 1.19 bits per heavy atom. The molecule has 0 unspecified atom stereocenters. The quantitative estimate of drug-likeness (QED) is 0.637. The molecule has 4 rings (SSSR count). The summed E-state index contributed by atoms with van der Waals surface area (Å²) in [5.74, 6) is 1.32. The van der Waals surface area contributed by atoms with Crippen LogP contribution in [0.25, 0.3) is 10.9 Å². The van der Waals surface area contributed by atoms with E-state index in [2.05, 4.69) is 25.1 Å².